The summed E-state index contributed by atoms with van der Waals surface area (Å²) in [7, 11) is 1.84. The Bertz CT molecular complexity index is 3400. The number of ketones is 1. The lowest BCUT2D eigenvalue weighted by Gasteiger charge is -2.66. The molecule has 3 aromatic rings. The van der Waals surface area contributed by atoms with Crippen molar-refractivity contribution in [1.29, 1.82) is 0 Å². The number of aromatic hydroxyl groups is 1. The van der Waals surface area contributed by atoms with Gasteiger partial charge in [0.1, 0.15) is 40.7 Å². The molecule has 0 saturated heterocycles. The fourth-order valence-corrected chi connectivity index (χ4v) is 20.0. The van der Waals surface area contributed by atoms with Gasteiger partial charge in [-0.15, -0.1) is 0 Å². The van der Waals surface area contributed by atoms with Crippen molar-refractivity contribution in [3.05, 3.63) is 99.1 Å². The van der Waals surface area contributed by atoms with Gasteiger partial charge in [-0.3, -0.25) is 9.59 Å². The fourth-order valence-electron chi connectivity index (χ4n) is 20.0. The van der Waals surface area contributed by atoms with Gasteiger partial charge in [0, 0.05) is 71.5 Å². The number of nitrogens with one attached hydrogen (secondary N) is 2. The second-order valence-electron chi connectivity index (χ2n) is 30.0. The number of rotatable bonds is 4. The number of carbonyl (C=O) groups is 3. The van der Waals surface area contributed by atoms with Crippen LogP contribution >= 0.6 is 0 Å². The highest BCUT2D eigenvalue weighted by molar-refractivity contribution is 5.89. The molecule has 7 aliphatic carbocycles. The molecule has 12 aliphatic rings. The number of hydrogen-bond donors (Lipinski definition) is 8. The van der Waals surface area contributed by atoms with E-state index in [1.165, 1.54) is 0 Å². The number of aliphatic hydroxyl groups is 5. The number of phenols is 1. The van der Waals surface area contributed by atoms with Crippen LogP contribution in [0.5, 0.6) is 11.5 Å². The number of hydrogen-bond acceptors (Lipinski definition) is 14. The molecule has 15 rings (SSSR count). The van der Waals surface area contributed by atoms with Gasteiger partial charge in [0.15, 0.2) is 0 Å². The van der Waals surface area contributed by atoms with Gasteiger partial charge in [-0.05, 0) is 197 Å². The van der Waals surface area contributed by atoms with Crippen LogP contribution in [-0.2, 0) is 42.1 Å². The molecule has 5 aliphatic heterocycles. The predicted molar refractivity (Wildman–Crippen MR) is 340 cm³/mol. The summed E-state index contributed by atoms with van der Waals surface area (Å²) in [6.07, 6.45) is 13.3. The summed E-state index contributed by atoms with van der Waals surface area (Å²) in [5.74, 6) is 10.3. The zero-order valence-electron chi connectivity index (χ0n) is 52.7. The maximum atomic E-state index is 16.6. The first-order valence-electron chi connectivity index (χ1n) is 34.8. The van der Waals surface area contributed by atoms with Gasteiger partial charge < -0.3 is 55.5 Å². The molecule has 0 aromatic heterocycles. The molecule has 7 saturated carbocycles. The van der Waals surface area contributed by atoms with Crippen LogP contribution in [0.4, 0.5) is 5.69 Å². The van der Waals surface area contributed by atoms with E-state index in [1.54, 1.807) is 13.0 Å². The van der Waals surface area contributed by atoms with E-state index in [2.05, 4.69) is 58.6 Å². The monoisotopic (exact) mass is 1230 g/mol. The molecule has 14 nitrogen and oxygen atoms in total. The first-order chi connectivity index (χ1) is 43.5. The fraction of sp³-hybridized carbons (Fsp3) is 0.645. The third kappa shape index (κ3) is 11.4. The second-order valence-corrected chi connectivity index (χ2v) is 30.0. The van der Waals surface area contributed by atoms with Crippen molar-refractivity contribution in [3.63, 3.8) is 0 Å². The zero-order chi connectivity index (χ0) is 62.2. The van der Waals surface area contributed by atoms with Gasteiger partial charge in [0.25, 0.3) is 0 Å². The zero-order valence-corrected chi connectivity index (χ0v) is 52.7. The summed E-state index contributed by atoms with van der Waals surface area (Å²) in [4.78, 5) is 45.9. The molecule has 480 valence electrons. The van der Waals surface area contributed by atoms with Crippen LogP contribution in [-0.4, -0.2) is 111 Å². The van der Waals surface area contributed by atoms with E-state index in [0.29, 0.717) is 71.5 Å². The highest BCUT2D eigenvalue weighted by Gasteiger charge is 2.69. The van der Waals surface area contributed by atoms with E-state index in [1.807, 2.05) is 31.3 Å². The average Bonchev–Trinajstić information content (AvgIpc) is 0.717. The van der Waals surface area contributed by atoms with Crippen LogP contribution < -0.4 is 15.4 Å². The predicted octanol–water partition coefficient (Wildman–Crippen LogP) is 10.2. The Morgan fingerprint density at radius 3 is 2.31 bits per heavy atom. The molecule has 16 unspecified atom stereocenters. The molecule has 7 fully saturated rings. The SMILES string of the molecule is CNCC1C#CC2CCC(CC2)OCC(O)C(C)(O)CNc2cc(C3C#CC4CC(=O)Oc5c4cc(c(O)c5C4CCCCC4)CC4OC(=O)C(=CC(O)C5(CCCC5)c5cccc(c5)CC5C(=O)CC6CCC7C8CCCCC8C4(O)C6C57)C3)cc(c2)C1O. The van der Waals surface area contributed by atoms with E-state index >= 15 is 9.59 Å². The topological polar surface area (TPSA) is 224 Å². The van der Waals surface area contributed by atoms with E-state index in [4.69, 9.17) is 14.2 Å². The Balaban J connectivity index is 0.994. The summed E-state index contributed by atoms with van der Waals surface area (Å²) < 4.78 is 19.9. The number of carbonyl (C=O) groups excluding carboxylic acids is 3. The van der Waals surface area contributed by atoms with Crippen LogP contribution in [0, 0.1) is 76.9 Å². The molecule has 5 heterocycles. The summed E-state index contributed by atoms with van der Waals surface area (Å²) in [6.45, 7) is 1.78. The lowest BCUT2D eigenvalue weighted by atomic mass is 9.40. The molecule has 0 radical (unpaired) electrons. The normalized spacial score (nSPS) is 38.3. The largest absolute Gasteiger partial charge is 0.507 e. The molecule has 14 heteroatoms. The summed E-state index contributed by atoms with van der Waals surface area (Å²) in [5.41, 5.74) is 1.35. The van der Waals surface area contributed by atoms with Gasteiger partial charge in [-0.2, -0.15) is 0 Å². The van der Waals surface area contributed by atoms with E-state index in [9.17, 15) is 35.4 Å². The second kappa shape index (κ2) is 25.1. The number of ether oxygens (including phenoxy) is 3. The lowest BCUT2D eigenvalue weighted by molar-refractivity contribution is -0.265. The number of benzene rings is 3. The van der Waals surface area contributed by atoms with Crippen molar-refractivity contribution in [2.45, 2.75) is 226 Å². The van der Waals surface area contributed by atoms with Gasteiger partial charge in [-0.1, -0.05) is 99.0 Å². The maximum absolute atomic E-state index is 16.6. The number of esters is 2. The average molecular weight is 1230 g/mol. The molecule has 1 spiro atoms. The third-order valence-electron chi connectivity index (χ3n) is 24.7. The Hall–Kier alpha value is -5.55. The quantitative estimate of drug-likeness (QED) is 0.0692. The number of anilines is 1. The first kappa shape index (κ1) is 61.9. The Morgan fingerprint density at radius 1 is 0.744 bits per heavy atom. The molecule has 16 atom stereocenters. The van der Waals surface area contributed by atoms with Crippen molar-refractivity contribution in [2.24, 2.45) is 53.3 Å². The van der Waals surface area contributed by atoms with E-state index < -0.39 is 76.6 Å². The highest BCUT2D eigenvalue weighted by atomic mass is 16.6. The maximum Gasteiger partial charge on any atom is 0.334 e. The van der Waals surface area contributed by atoms with E-state index in [0.717, 1.165) is 120 Å². The van der Waals surface area contributed by atoms with Crippen molar-refractivity contribution in [2.75, 3.05) is 32.1 Å². The molecule has 90 heavy (non-hydrogen) atoms. The van der Waals surface area contributed by atoms with Crippen LogP contribution in [0.1, 0.15) is 211 Å². The van der Waals surface area contributed by atoms with Gasteiger partial charge in [-0.25, -0.2) is 4.79 Å². The standard InChI is InChI=1S/C76H94N2O12/c1-74(86)42-78-55-33-50(32-51(34-55)70(83)49(40-77-2)20-17-43-18-24-56(25-19-43)88-41-64(74)81)46-21-22-47-39-66(82)90-72-59(47)35-52(71(84)67(72)45-12-4-3-5-13-45)38-65-76(87)61-16-7-6-15-57(61)58-26-23-48-36-62(79)60(68(58)69(48)76)30-44-11-10-14-54(29-44)75(27-8-9-28-75)63(80)37-53(31-46)73(85)89-65/h10-11,14,29,32-35,37,43,45-49,56-58,60-61,63-65,68-70,77-78,80-81,83-84,86-87H,3-9,12-13,15-16,18-19,23-28,30-31,36,38-42H2,1-2H3. The van der Waals surface area contributed by atoms with Crippen molar-refractivity contribution < 1.29 is 59.2 Å². The minimum absolute atomic E-state index is 0.0133. The number of aliphatic hydroxyl groups excluding tert-OH is 3. The lowest BCUT2D eigenvalue weighted by Crippen LogP contribution is -2.71. The van der Waals surface area contributed by atoms with Crippen LogP contribution in [0.15, 0.2) is 60.2 Å². The number of fused-ring (bicyclic) bond motifs is 20. The molecule has 3 aromatic carbocycles. The summed E-state index contributed by atoms with van der Waals surface area (Å²) >= 11 is 0. The number of Topliss-reactive ketones (excluding diaryl/α,β-unsaturated/α-hetero) is 1. The van der Waals surface area contributed by atoms with E-state index in [-0.39, 0.29) is 103 Å². The summed E-state index contributed by atoms with van der Waals surface area (Å²) in [6, 6.07) is 16.0. The van der Waals surface area contributed by atoms with Crippen molar-refractivity contribution in [1.82, 2.24) is 5.32 Å². The highest BCUT2D eigenvalue weighted by Crippen LogP contribution is 2.66. The summed E-state index contributed by atoms with van der Waals surface area (Å²) in [5, 5.41) is 84.3. The minimum Gasteiger partial charge on any atom is -0.507 e. The van der Waals surface area contributed by atoms with Crippen LogP contribution in [0.3, 0.4) is 0 Å². The Labute approximate surface area is 531 Å². The Morgan fingerprint density at radius 2 is 1.51 bits per heavy atom. The smallest absolute Gasteiger partial charge is 0.334 e. The van der Waals surface area contributed by atoms with Crippen LogP contribution in [0.2, 0.25) is 0 Å². The first-order valence-corrected chi connectivity index (χ1v) is 34.8. The minimum atomic E-state index is -1.66. The van der Waals surface area contributed by atoms with Gasteiger partial charge >= 0.3 is 11.9 Å². The van der Waals surface area contributed by atoms with Crippen molar-refractivity contribution >= 4 is 23.4 Å². The molecule has 8 N–H and O–H groups in total. The van der Waals surface area contributed by atoms with Gasteiger partial charge in [0.05, 0.1) is 43.2 Å². The molecular formula is C76H94N2O12. The van der Waals surface area contributed by atoms with Gasteiger partial charge in [0.2, 0.25) is 0 Å². The molecular weight excluding hydrogens is 1130 g/mol. The Kier molecular flexibility index (Phi) is 17.2. The van der Waals surface area contributed by atoms with Crippen molar-refractivity contribution in [3.8, 4) is 35.2 Å². The van der Waals surface area contributed by atoms with Crippen LogP contribution in [0.25, 0.3) is 0 Å². The number of phenolic OH excluding ortho intramolecular Hbond substituents is 1. The third-order valence-corrected chi connectivity index (χ3v) is 24.7. The molecule has 0 amide bonds. The molecule has 16 bridgehead atoms.